The number of hydrogen-bond acceptors (Lipinski definition) is 2. The van der Waals surface area contributed by atoms with Crippen LogP contribution in [0.25, 0.3) is 0 Å². The molecule has 0 aromatic heterocycles. The number of benzene rings is 2. The molecule has 1 heterocycles. The molecule has 0 fully saturated rings. The minimum atomic E-state index is 0.898. The first-order valence-corrected chi connectivity index (χ1v) is 6.83. The van der Waals surface area contributed by atoms with Gasteiger partial charge in [0.05, 0.1) is 0 Å². The highest BCUT2D eigenvalue weighted by Gasteiger charge is 2.20. The molecule has 0 amide bonds. The largest absolute Gasteiger partial charge is 0.398 e. The summed E-state index contributed by atoms with van der Waals surface area (Å²) in [5, 5.41) is 0. The number of fused-ring (bicyclic) bond motifs is 1. The van der Waals surface area contributed by atoms with Crippen molar-refractivity contribution in [3.63, 3.8) is 0 Å². The molecule has 2 aromatic rings. The van der Waals surface area contributed by atoms with Gasteiger partial charge in [-0.15, -0.1) is 0 Å². The van der Waals surface area contributed by atoms with Crippen LogP contribution < -0.4 is 10.6 Å². The molecule has 0 saturated carbocycles. The van der Waals surface area contributed by atoms with Crippen molar-refractivity contribution in [1.82, 2.24) is 0 Å². The van der Waals surface area contributed by atoms with Crippen molar-refractivity contribution in [1.29, 1.82) is 0 Å². The highest BCUT2D eigenvalue weighted by Crippen LogP contribution is 2.32. The van der Waals surface area contributed by atoms with Gasteiger partial charge in [0.2, 0.25) is 0 Å². The van der Waals surface area contributed by atoms with Gasteiger partial charge in [-0.2, -0.15) is 0 Å². The van der Waals surface area contributed by atoms with E-state index in [-0.39, 0.29) is 0 Å². The molecular formula is C17H20N2. The van der Waals surface area contributed by atoms with Crippen LogP contribution in [0.2, 0.25) is 0 Å². The summed E-state index contributed by atoms with van der Waals surface area (Å²) in [6.45, 7) is 6.26. The number of hydrogen-bond donors (Lipinski definition) is 1. The highest BCUT2D eigenvalue weighted by atomic mass is 15.1. The van der Waals surface area contributed by atoms with Crippen molar-refractivity contribution in [2.45, 2.75) is 26.8 Å². The third-order valence-electron chi connectivity index (χ3n) is 3.95. The lowest BCUT2D eigenvalue weighted by Crippen LogP contribution is -2.19. The summed E-state index contributed by atoms with van der Waals surface area (Å²) in [5.41, 5.74) is 13.5. The molecule has 0 atom stereocenters. The van der Waals surface area contributed by atoms with Crippen LogP contribution in [-0.2, 0) is 13.0 Å². The van der Waals surface area contributed by atoms with Crippen molar-refractivity contribution < 1.29 is 0 Å². The van der Waals surface area contributed by atoms with E-state index >= 15 is 0 Å². The van der Waals surface area contributed by atoms with Crippen LogP contribution >= 0.6 is 0 Å². The normalized spacial score (nSPS) is 13.7. The molecule has 0 unspecified atom stereocenters. The molecule has 2 heteroatoms. The Hall–Kier alpha value is -1.96. The topological polar surface area (TPSA) is 29.3 Å². The van der Waals surface area contributed by atoms with Crippen molar-refractivity contribution >= 4 is 11.4 Å². The van der Waals surface area contributed by atoms with Gasteiger partial charge in [0, 0.05) is 24.5 Å². The molecule has 2 aromatic carbocycles. The zero-order chi connectivity index (χ0) is 13.4. The van der Waals surface area contributed by atoms with E-state index < -0.39 is 0 Å². The van der Waals surface area contributed by atoms with E-state index in [0.717, 1.165) is 25.2 Å². The fraction of sp³-hybridized carbons (Fsp3) is 0.294. The fourth-order valence-electron chi connectivity index (χ4n) is 2.72. The second-order valence-electron chi connectivity index (χ2n) is 5.49. The Morgan fingerprint density at radius 1 is 1.11 bits per heavy atom. The molecule has 19 heavy (non-hydrogen) atoms. The summed E-state index contributed by atoms with van der Waals surface area (Å²) < 4.78 is 0. The number of anilines is 2. The first-order chi connectivity index (χ1) is 9.13. The predicted molar refractivity (Wildman–Crippen MR) is 81.5 cm³/mol. The van der Waals surface area contributed by atoms with Crippen LogP contribution in [0.5, 0.6) is 0 Å². The van der Waals surface area contributed by atoms with Gasteiger partial charge < -0.3 is 10.6 Å². The van der Waals surface area contributed by atoms with E-state index in [2.05, 4.69) is 55.1 Å². The van der Waals surface area contributed by atoms with Crippen molar-refractivity contribution in [3.8, 4) is 0 Å². The van der Waals surface area contributed by atoms with Crippen molar-refractivity contribution in [2.75, 3.05) is 17.2 Å². The summed E-state index contributed by atoms with van der Waals surface area (Å²) in [7, 11) is 0. The molecule has 2 nitrogen and oxygen atoms in total. The standard InChI is InChI=1S/C17H20N2/c1-12-3-5-14(6-4-12)11-19-8-7-15-9-13(2)16(18)10-17(15)19/h3-6,9-10H,7-8,11,18H2,1-2H3. The smallest absolute Gasteiger partial charge is 0.0429 e. The summed E-state index contributed by atoms with van der Waals surface area (Å²) in [5.74, 6) is 0. The molecule has 98 valence electrons. The molecule has 0 bridgehead atoms. The summed E-state index contributed by atoms with van der Waals surface area (Å²) in [4.78, 5) is 2.43. The van der Waals surface area contributed by atoms with E-state index in [1.165, 1.54) is 27.9 Å². The van der Waals surface area contributed by atoms with Crippen LogP contribution in [0.3, 0.4) is 0 Å². The average Bonchev–Trinajstić information content (AvgIpc) is 2.76. The van der Waals surface area contributed by atoms with Crippen LogP contribution in [-0.4, -0.2) is 6.54 Å². The maximum atomic E-state index is 6.04. The third kappa shape index (κ3) is 2.30. The first kappa shape index (κ1) is 12.1. The van der Waals surface area contributed by atoms with Crippen LogP contribution in [0.1, 0.15) is 22.3 Å². The lowest BCUT2D eigenvalue weighted by atomic mass is 10.1. The van der Waals surface area contributed by atoms with E-state index in [4.69, 9.17) is 5.73 Å². The fourth-order valence-corrected chi connectivity index (χ4v) is 2.72. The Balaban J connectivity index is 1.86. The highest BCUT2D eigenvalue weighted by molar-refractivity contribution is 5.67. The maximum Gasteiger partial charge on any atom is 0.0429 e. The second-order valence-corrected chi connectivity index (χ2v) is 5.49. The van der Waals surface area contributed by atoms with Crippen LogP contribution in [0, 0.1) is 13.8 Å². The van der Waals surface area contributed by atoms with Crippen molar-refractivity contribution in [2.24, 2.45) is 0 Å². The maximum absolute atomic E-state index is 6.04. The van der Waals surface area contributed by atoms with E-state index in [9.17, 15) is 0 Å². The Labute approximate surface area is 114 Å². The molecule has 0 spiro atoms. The molecule has 1 aliphatic heterocycles. The van der Waals surface area contributed by atoms with Gasteiger partial charge in [0.15, 0.2) is 0 Å². The Kier molecular flexibility index (Phi) is 2.94. The Bertz CT molecular complexity index is 599. The molecule has 2 N–H and O–H groups in total. The molecule has 3 rings (SSSR count). The first-order valence-electron chi connectivity index (χ1n) is 6.83. The zero-order valence-electron chi connectivity index (χ0n) is 11.6. The third-order valence-corrected chi connectivity index (χ3v) is 3.95. The minimum Gasteiger partial charge on any atom is -0.398 e. The molecular weight excluding hydrogens is 232 g/mol. The predicted octanol–water partition coefficient (Wildman–Crippen LogP) is 3.45. The monoisotopic (exact) mass is 252 g/mol. The van der Waals surface area contributed by atoms with Gasteiger partial charge in [-0.25, -0.2) is 0 Å². The van der Waals surface area contributed by atoms with Gasteiger partial charge >= 0.3 is 0 Å². The lowest BCUT2D eigenvalue weighted by Gasteiger charge is -2.20. The minimum absolute atomic E-state index is 0.898. The van der Waals surface area contributed by atoms with Crippen LogP contribution in [0.4, 0.5) is 11.4 Å². The zero-order valence-corrected chi connectivity index (χ0v) is 11.6. The average molecular weight is 252 g/mol. The SMILES string of the molecule is Cc1ccc(CN2CCc3cc(C)c(N)cc32)cc1. The summed E-state index contributed by atoms with van der Waals surface area (Å²) in [6, 6.07) is 13.1. The molecule has 0 saturated heterocycles. The number of rotatable bonds is 2. The van der Waals surface area contributed by atoms with Gasteiger partial charge in [-0.05, 0) is 43.0 Å². The van der Waals surface area contributed by atoms with Gasteiger partial charge in [-0.1, -0.05) is 35.9 Å². The Morgan fingerprint density at radius 3 is 2.58 bits per heavy atom. The van der Waals surface area contributed by atoms with Gasteiger partial charge in [0.25, 0.3) is 0 Å². The van der Waals surface area contributed by atoms with Gasteiger partial charge in [-0.3, -0.25) is 0 Å². The number of nitrogen functional groups attached to an aromatic ring is 1. The summed E-state index contributed by atoms with van der Waals surface area (Å²) >= 11 is 0. The van der Waals surface area contributed by atoms with Crippen LogP contribution in [0.15, 0.2) is 36.4 Å². The van der Waals surface area contributed by atoms with E-state index in [0.29, 0.717) is 0 Å². The molecule has 0 radical (unpaired) electrons. The quantitative estimate of drug-likeness (QED) is 0.829. The second kappa shape index (κ2) is 4.61. The van der Waals surface area contributed by atoms with Crippen molar-refractivity contribution in [3.05, 3.63) is 58.7 Å². The lowest BCUT2D eigenvalue weighted by molar-refractivity contribution is 0.836. The number of nitrogens with two attached hydrogens (primary N) is 1. The number of aryl methyl sites for hydroxylation is 2. The van der Waals surface area contributed by atoms with Gasteiger partial charge in [0.1, 0.15) is 0 Å². The van der Waals surface area contributed by atoms with E-state index in [1.54, 1.807) is 0 Å². The summed E-state index contributed by atoms with van der Waals surface area (Å²) in [6.07, 6.45) is 1.13. The molecule has 1 aliphatic rings. The molecule has 0 aliphatic carbocycles. The number of nitrogens with zero attached hydrogens (tertiary/aromatic N) is 1. The Morgan fingerprint density at radius 2 is 1.84 bits per heavy atom. The van der Waals surface area contributed by atoms with E-state index in [1.807, 2.05) is 0 Å².